The van der Waals surface area contributed by atoms with Gasteiger partial charge < -0.3 is 10.2 Å². The van der Waals surface area contributed by atoms with Crippen molar-refractivity contribution in [1.29, 1.82) is 0 Å². The van der Waals surface area contributed by atoms with E-state index in [1.807, 2.05) is 0 Å². The maximum Gasteiger partial charge on any atom is 0.137 e. The number of nitrogens with one attached hydrogen (secondary N) is 1. The number of anilines is 2. The molecule has 1 fully saturated rings. The fourth-order valence-electron chi connectivity index (χ4n) is 2.80. The zero-order valence-corrected chi connectivity index (χ0v) is 14.5. The molecule has 0 unspecified atom stereocenters. The number of hydrogen-bond acceptors (Lipinski definition) is 4. The Bertz CT molecular complexity index is 494. The van der Waals surface area contributed by atoms with Gasteiger partial charge in [0.05, 0.1) is 0 Å². The van der Waals surface area contributed by atoms with Gasteiger partial charge in [0.2, 0.25) is 0 Å². The molecule has 21 heavy (non-hydrogen) atoms. The standard InChI is InChI=1S/C17H30N4/c1-7-9-18-15-13(4)16(20-14(19-15)12(2)3)21-10-8-17(5,6)11-21/h12H,7-11H2,1-6H3,(H,18,19,20). The summed E-state index contributed by atoms with van der Waals surface area (Å²) in [7, 11) is 0. The summed E-state index contributed by atoms with van der Waals surface area (Å²) in [6, 6.07) is 0. The first-order valence-corrected chi connectivity index (χ1v) is 8.21. The Morgan fingerprint density at radius 1 is 1.29 bits per heavy atom. The fraction of sp³-hybridized carbons (Fsp3) is 0.765. The third-order valence-corrected chi connectivity index (χ3v) is 4.17. The van der Waals surface area contributed by atoms with Crippen LogP contribution in [0.4, 0.5) is 11.6 Å². The van der Waals surface area contributed by atoms with E-state index in [1.54, 1.807) is 0 Å². The van der Waals surface area contributed by atoms with Crippen LogP contribution in [-0.2, 0) is 0 Å². The van der Waals surface area contributed by atoms with Crippen LogP contribution in [-0.4, -0.2) is 29.6 Å². The molecule has 0 radical (unpaired) electrons. The van der Waals surface area contributed by atoms with Gasteiger partial charge in [0, 0.05) is 31.1 Å². The summed E-state index contributed by atoms with van der Waals surface area (Å²) in [6.07, 6.45) is 2.33. The van der Waals surface area contributed by atoms with Crippen molar-refractivity contribution in [3.05, 3.63) is 11.4 Å². The van der Waals surface area contributed by atoms with E-state index < -0.39 is 0 Å². The summed E-state index contributed by atoms with van der Waals surface area (Å²) in [6.45, 7) is 16.4. The summed E-state index contributed by atoms with van der Waals surface area (Å²) in [5.74, 6) is 3.43. The fourth-order valence-corrected chi connectivity index (χ4v) is 2.80. The van der Waals surface area contributed by atoms with Crippen LogP contribution in [0.2, 0.25) is 0 Å². The topological polar surface area (TPSA) is 41.1 Å². The van der Waals surface area contributed by atoms with Gasteiger partial charge in [0.25, 0.3) is 0 Å². The van der Waals surface area contributed by atoms with Gasteiger partial charge in [-0.15, -0.1) is 0 Å². The molecule has 1 aliphatic rings. The Labute approximate surface area is 129 Å². The number of hydrogen-bond donors (Lipinski definition) is 1. The van der Waals surface area contributed by atoms with E-state index in [0.29, 0.717) is 11.3 Å². The van der Waals surface area contributed by atoms with E-state index in [1.165, 1.54) is 12.0 Å². The summed E-state index contributed by atoms with van der Waals surface area (Å²) in [5.41, 5.74) is 1.57. The van der Waals surface area contributed by atoms with Crippen molar-refractivity contribution >= 4 is 11.6 Å². The Morgan fingerprint density at radius 2 is 2.00 bits per heavy atom. The Balaban J connectivity index is 2.37. The molecule has 0 saturated carbocycles. The molecule has 0 aliphatic carbocycles. The second-order valence-corrected chi connectivity index (χ2v) is 7.30. The maximum absolute atomic E-state index is 4.86. The van der Waals surface area contributed by atoms with Crippen molar-refractivity contribution in [1.82, 2.24) is 9.97 Å². The molecular weight excluding hydrogens is 260 g/mol. The molecule has 0 atom stereocenters. The van der Waals surface area contributed by atoms with E-state index in [4.69, 9.17) is 9.97 Å². The quantitative estimate of drug-likeness (QED) is 0.891. The maximum atomic E-state index is 4.86. The van der Waals surface area contributed by atoms with Gasteiger partial charge in [-0.2, -0.15) is 0 Å². The molecule has 4 nitrogen and oxygen atoms in total. The summed E-state index contributed by atoms with van der Waals surface area (Å²) < 4.78 is 0. The van der Waals surface area contributed by atoms with Gasteiger partial charge in [-0.25, -0.2) is 9.97 Å². The molecule has 1 N–H and O–H groups in total. The normalized spacial score (nSPS) is 17.6. The van der Waals surface area contributed by atoms with Crippen molar-refractivity contribution in [2.24, 2.45) is 5.41 Å². The average molecular weight is 290 g/mol. The summed E-state index contributed by atoms with van der Waals surface area (Å²) in [5, 5.41) is 3.46. The van der Waals surface area contributed by atoms with Gasteiger partial charge in [-0.1, -0.05) is 34.6 Å². The molecule has 1 saturated heterocycles. The third-order valence-electron chi connectivity index (χ3n) is 4.17. The second-order valence-electron chi connectivity index (χ2n) is 7.30. The molecule has 1 aromatic rings. The van der Waals surface area contributed by atoms with Crippen LogP contribution in [0.15, 0.2) is 0 Å². The highest BCUT2D eigenvalue weighted by Gasteiger charge is 2.31. The van der Waals surface area contributed by atoms with E-state index in [0.717, 1.165) is 43.5 Å². The van der Waals surface area contributed by atoms with Crippen LogP contribution in [0, 0.1) is 12.3 Å². The van der Waals surface area contributed by atoms with Gasteiger partial charge in [0.15, 0.2) is 0 Å². The van der Waals surface area contributed by atoms with Gasteiger partial charge >= 0.3 is 0 Å². The van der Waals surface area contributed by atoms with E-state index in [2.05, 4.69) is 51.8 Å². The lowest BCUT2D eigenvalue weighted by Gasteiger charge is -2.24. The highest BCUT2D eigenvalue weighted by Crippen LogP contribution is 2.35. The SMILES string of the molecule is CCCNc1nc(C(C)C)nc(N2CCC(C)(C)C2)c1C. The van der Waals surface area contributed by atoms with Crippen molar-refractivity contribution in [3.63, 3.8) is 0 Å². The van der Waals surface area contributed by atoms with Crippen LogP contribution in [0.5, 0.6) is 0 Å². The van der Waals surface area contributed by atoms with Crippen molar-refractivity contribution in [2.45, 2.75) is 60.3 Å². The second kappa shape index (κ2) is 6.20. The lowest BCUT2D eigenvalue weighted by molar-refractivity contribution is 0.418. The van der Waals surface area contributed by atoms with Crippen LogP contribution in [0.3, 0.4) is 0 Å². The molecule has 1 aromatic heterocycles. The molecule has 0 aromatic carbocycles. The van der Waals surface area contributed by atoms with E-state index >= 15 is 0 Å². The Morgan fingerprint density at radius 3 is 2.52 bits per heavy atom. The monoisotopic (exact) mass is 290 g/mol. The third kappa shape index (κ3) is 3.66. The first kappa shape index (κ1) is 16.1. The van der Waals surface area contributed by atoms with Crippen LogP contribution in [0.25, 0.3) is 0 Å². The molecule has 0 amide bonds. The van der Waals surface area contributed by atoms with Crippen LogP contribution >= 0.6 is 0 Å². The smallest absolute Gasteiger partial charge is 0.137 e. The lowest BCUT2D eigenvalue weighted by Crippen LogP contribution is -2.26. The predicted molar refractivity (Wildman–Crippen MR) is 90.2 cm³/mol. The van der Waals surface area contributed by atoms with Gasteiger partial charge in [-0.3, -0.25) is 0 Å². The molecule has 4 heteroatoms. The zero-order chi connectivity index (χ0) is 15.6. The molecule has 0 spiro atoms. The first-order valence-electron chi connectivity index (χ1n) is 8.21. The molecular formula is C17H30N4. The van der Waals surface area contributed by atoms with Crippen molar-refractivity contribution in [3.8, 4) is 0 Å². The highest BCUT2D eigenvalue weighted by atomic mass is 15.2. The average Bonchev–Trinajstić information content (AvgIpc) is 2.77. The highest BCUT2D eigenvalue weighted by molar-refractivity contribution is 5.59. The number of nitrogens with zero attached hydrogens (tertiary/aromatic N) is 3. The van der Waals surface area contributed by atoms with E-state index in [9.17, 15) is 0 Å². The first-order chi connectivity index (χ1) is 9.84. The van der Waals surface area contributed by atoms with Gasteiger partial charge in [0.1, 0.15) is 17.5 Å². The molecule has 1 aliphatic heterocycles. The predicted octanol–water partition coefficient (Wildman–Crippen LogP) is 3.97. The number of rotatable bonds is 5. The number of aromatic nitrogens is 2. The molecule has 0 bridgehead atoms. The lowest BCUT2D eigenvalue weighted by atomic mass is 9.93. The minimum Gasteiger partial charge on any atom is -0.370 e. The Kier molecular flexibility index (Phi) is 4.74. The molecule has 118 valence electrons. The van der Waals surface area contributed by atoms with Gasteiger partial charge in [-0.05, 0) is 25.2 Å². The van der Waals surface area contributed by atoms with Crippen molar-refractivity contribution < 1.29 is 0 Å². The zero-order valence-electron chi connectivity index (χ0n) is 14.5. The summed E-state index contributed by atoms with van der Waals surface area (Å²) in [4.78, 5) is 12.0. The van der Waals surface area contributed by atoms with Crippen LogP contribution < -0.4 is 10.2 Å². The van der Waals surface area contributed by atoms with E-state index in [-0.39, 0.29) is 0 Å². The van der Waals surface area contributed by atoms with Crippen LogP contribution in [0.1, 0.15) is 64.8 Å². The summed E-state index contributed by atoms with van der Waals surface area (Å²) >= 11 is 0. The largest absolute Gasteiger partial charge is 0.370 e. The minimum absolute atomic E-state index is 0.349. The Hall–Kier alpha value is -1.32. The van der Waals surface area contributed by atoms with Crippen molar-refractivity contribution in [2.75, 3.05) is 29.9 Å². The molecule has 2 heterocycles. The molecule has 2 rings (SSSR count). The minimum atomic E-state index is 0.349.